The molecule has 2 aliphatic rings. The topological polar surface area (TPSA) is 12.5 Å². The molecule has 2 nitrogen and oxygen atoms in total. The molecule has 0 spiro atoms. The standard InChI is InChI=1S/C10H19NO/c1-9-3-2-5-11(7-9)10-4-6-12-8-10/h9-10H,2-8H2,1H3/t9-,10?/m0/s1. The van der Waals surface area contributed by atoms with Crippen molar-refractivity contribution in [2.45, 2.75) is 32.2 Å². The summed E-state index contributed by atoms with van der Waals surface area (Å²) in [6.45, 7) is 6.93. The molecule has 2 saturated heterocycles. The lowest BCUT2D eigenvalue weighted by Gasteiger charge is -2.34. The molecule has 0 N–H and O–H groups in total. The van der Waals surface area contributed by atoms with E-state index in [9.17, 15) is 0 Å². The van der Waals surface area contributed by atoms with E-state index in [2.05, 4.69) is 11.8 Å². The lowest BCUT2D eigenvalue weighted by Crippen LogP contribution is -2.42. The van der Waals surface area contributed by atoms with E-state index < -0.39 is 0 Å². The van der Waals surface area contributed by atoms with Crippen molar-refractivity contribution in [3.8, 4) is 0 Å². The predicted molar refractivity (Wildman–Crippen MR) is 49.2 cm³/mol. The first-order chi connectivity index (χ1) is 5.86. The van der Waals surface area contributed by atoms with Gasteiger partial charge in [-0.05, 0) is 31.7 Å². The molecule has 2 atom stereocenters. The fraction of sp³-hybridized carbons (Fsp3) is 1.00. The molecule has 2 fully saturated rings. The Morgan fingerprint density at radius 2 is 2.25 bits per heavy atom. The van der Waals surface area contributed by atoms with Crippen molar-refractivity contribution in [1.82, 2.24) is 4.90 Å². The smallest absolute Gasteiger partial charge is 0.0622 e. The molecule has 0 aromatic rings. The van der Waals surface area contributed by atoms with Gasteiger partial charge in [-0.15, -0.1) is 0 Å². The SMILES string of the molecule is C[C@H]1CCCN(C2CCOC2)C1. The molecular formula is C10H19NO. The minimum atomic E-state index is 0.743. The van der Waals surface area contributed by atoms with Gasteiger partial charge in [0.1, 0.15) is 0 Å². The number of piperidine rings is 1. The summed E-state index contributed by atoms with van der Waals surface area (Å²) in [5, 5.41) is 0. The number of nitrogens with zero attached hydrogens (tertiary/aromatic N) is 1. The first kappa shape index (κ1) is 8.52. The fourth-order valence-electron chi connectivity index (χ4n) is 2.37. The second kappa shape index (κ2) is 3.75. The number of ether oxygens (including phenoxy) is 1. The minimum absolute atomic E-state index is 0.743. The third kappa shape index (κ3) is 1.80. The average molecular weight is 169 g/mol. The molecule has 0 aliphatic carbocycles. The Morgan fingerprint density at radius 3 is 2.92 bits per heavy atom. The predicted octanol–water partition coefficient (Wildman–Crippen LogP) is 1.51. The molecule has 70 valence electrons. The number of hydrogen-bond donors (Lipinski definition) is 0. The van der Waals surface area contributed by atoms with Gasteiger partial charge in [-0.25, -0.2) is 0 Å². The first-order valence-corrected chi connectivity index (χ1v) is 5.18. The Labute approximate surface area is 74.9 Å². The summed E-state index contributed by atoms with van der Waals surface area (Å²) < 4.78 is 5.40. The van der Waals surface area contributed by atoms with Crippen LogP contribution in [0.25, 0.3) is 0 Å². The second-order valence-electron chi connectivity index (χ2n) is 4.26. The van der Waals surface area contributed by atoms with Crippen LogP contribution in [0.5, 0.6) is 0 Å². The van der Waals surface area contributed by atoms with Crippen molar-refractivity contribution in [1.29, 1.82) is 0 Å². The van der Waals surface area contributed by atoms with E-state index in [-0.39, 0.29) is 0 Å². The summed E-state index contributed by atoms with van der Waals surface area (Å²) in [4.78, 5) is 2.63. The monoisotopic (exact) mass is 169 g/mol. The molecule has 0 aromatic heterocycles. The fourth-order valence-corrected chi connectivity index (χ4v) is 2.37. The maximum Gasteiger partial charge on any atom is 0.0622 e. The molecule has 1 unspecified atom stereocenters. The number of hydrogen-bond acceptors (Lipinski definition) is 2. The van der Waals surface area contributed by atoms with Gasteiger partial charge < -0.3 is 4.74 Å². The summed E-state index contributed by atoms with van der Waals surface area (Å²) in [5.74, 6) is 0.902. The molecule has 2 heterocycles. The maximum absolute atomic E-state index is 5.40. The first-order valence-electron chi connectivity index (χ1n) is 5.18. The lowest BCUT2D eigenvalue weighted by atomic mass is 9.98. The van der Waals surface area contributed by atoms with Crippen LogP contribution >= 0.6 is 0 Å². The summed E-state index contributed by atoms with van der Waals surface area (Å²) >= 11 is 0. The van der Waals surface area contributed by atoms with E-state index in [1.807, 2.05) is 0 Å². The molecule has 0 aromatic carbocycles. The zero-order valence-electron chi connectivity index (χ0n) is 7.96. The summed E-state index contributed by atoms with van der Waals surface area (Å²) in [7, 11) is 0. The van der Waals surface area contributed by atoms with Crippen LogP contribution in [0, 0.1) is 5.92 Å². The molecule has 2 heteroatoms. The minimum Gasteiger partial charge on any atom is -0.380 e. The van der Waals surface area contributed by atoms with Gasteiger partial charge in [0.15, 0.2) is 0 Å². The molecule has 0 amide bonds. The van der Waals surface area contributed by atoms with Crippen molar-refractivity contribution in [3.05, 3.63) is 0 Å². The Kier molecular flexibility index (Phi) is 2.66. The average Bonchev–Trinajstić information content (AvgIpc) is 2.56. The highest BCUT2D eigenvalue weighted by Crippen LogP contribution is 2.21. The highest BCUT2D eigenvalue weighted by molar-refractivity contribution is 4.79. The highest BCUT2D eigenvalue weighted by Gasteiger charge is 2.26. The Bertz CT molecular complexity index is 143. The molecule has 2 rings (SSSR count). The summed E-state index contributed by atoms with van der Waals surface area (Å²) in [6, 6.07) is 0.743. The quantitative estimate of drug-likeness (QED) is 0.590. The third-order valence-corrected chi connectivity index (χ3v) is 3.11. The van der Waals surface area contributed by atoms with E-state index in [0.717, 1.165) is 25.2 Å². The molecule has 0 bridgehead atoms. The lowest BCUT2D eigenvalue weighted by molar-refractivity contribution is 0.108. The highest BCUT2D eigenvalue weighted by atomic mass is 16.5. The van der Waals surface area contributed by atoms with Crippen molar-refractivity contribution >= 4 is 0 Å². The molecule has 2 aliphatic heterocycles. The van der Waals surface area contributed by atoms with Gasteiger partial charge in [0, 0.05) is 19.2 Å². The van der Waals surface area contributed by atoms with E-state index in [1.165, 1.54) is 32.4 Å². The van der Waals surface area contributed by atoms with Crippen LogP contribution < -0.4 is 0 Å². The zero-order valence-corrected chi connectivity index (χ0v) is 7.96. The van der Waals surface area contributed by atoms with Crippen molar-refractivity contribution in [2.24, 2.45) is 5.92 Å². The molecule has 0 saturated carbocycles. The van der Waals surface area contributed by atoms with E-state index >= 15 is 0 Å². The van der Waals surface area contributed by atoms with Crippen LogP contribution in [-0.2, 0) is 4.74 Å². The Morgan fingerprint density at radius 1 is 1.33 bits per heavy atom. The Balaban J connectivity index is 1.85. The summed E-state index contributed by atoms with van der Waals surface area (Å²) in [5.41, 5.74) is 0. The van der Waals surface area contributed by atoms with Gasteiger partial charge in [-0.3, -0.25) is 4.90 Å². The third-order valence-electron chi connectivity index (χ3n) is 3.11. The van der Waals surface area contributed by atoms with Crippen LogP contribution in [0.1, 0.15) is 26.2 Å². The van der Waals surface area contributed by atoms with Crippen LogP contribution in [0.15, 0.2) is 0 Å². The number of likely N-dealkylation sites (tertiary alicyclic amines) is 1. The van der Waals surface area contributed by atoms with Gasteiger partial charge in [0.25, 0.3) is 0 Å². The van der Waals surface area contributed by atoms with E-state index in [1.54, 1.807) is 0 Å². The van der Waals surface area contributed by atoms with Gasteiger partial charge >= 0.3 is 0 Å². The van der Waals surface area contributed by atoms with Crippen molar-refractivity contribution < 1.29 is 4.74 Å². The van der Waals surface area contributed by atoms with Gasteiger partial charge in [0.05, 0.1) is 6.61 Å². The summed E-state index contributed by atoms with van der Waals surface area (Å²) in [6.07, 6.45) is 4.06. The van der Waals surface area contributed by atoms with Crippen molar-refractivity contribution in [3.63, 3.8) is 0 Å². The molecular weight excluding hydrogens is 150 g/mol. The van der Waals surface area contributed by atoms with Crippen LogP contribution in [0.2, 0.25) is 0 Å². The van der Waals surface area contributed by atoms with Gasteiger partial charge in [-0.1, -0.05) is 6.92 Å². The van der Waals surface area contributed by atoms with Gasteiger partial charge in [0.2, 0.25) is 0 Å². The normalized spacial score (nSPS) is 38.8. The molecule has 12 heavy (non-hydrogen) atoms. The Hall–Kier alpha value is -0.0800. The van der Waals surface area contributed by atoms with Crippen LogP contribution in [0.4, 0.5) is 0 Å². The van der Waals surface area contributed by atoms with E-state index in [0.29, 0.717) is 0 Å². The molecule has 0 radical (unpaired) electrons. The largest absolute Gasteiger partial charge is 0.380 e. The van der Waals surface area contributed by atoms with Crippen molar-refractivity contribution in [2.75, 3.05) is 26.3 Å². The maximum atomic E-state index is 5.40. The zero-order chi connectivity index (χ0) is 8.39. The second-order valence-corrected chi connectivity index (χ2v) is 4.26. The van der Waals surface area contributed by atoms with Crippen LogP contribution in [-0.4, -0.2) is 37.2 Å². The number of rotatable bonds is 1. The van der Waals surface area contributed by atoms with Crippen LogP contribution in [0.3, 0.4) is 0 Å². The van der Waals surface area contributed by atoms with E-state index in [4.69, 9.17) is 4.74 Å². The van der Waals surface area contributed by atoms with Gasteiger partial charge in [-0.2, -0.15) is 0 Å².